The highest BCUT2D eigenvalue weighted by atomic mass is 19.1. The third-order valence-corrected chi connectivity index (χ3v) is 4.67. The van der Waals surface area contributed by atoms with Gasteiger partial charge in [0.05, 0.1) is 19.2 Å². The first-order chi connectivity index (χ1) is 15.0. The summed E-state index contributed by atoms with van der Waals surface area (Å²) >= 11 is 0. The molecule has 0 saturated heterocycles. The van der Waals surface area contributed by atoms with E-state index >= 15 is 0 Å². The number of hydrogen-bond donors (Lipinski definition) is 1. The van der Waals surface area contributed by atoms with Crippen LogP contribution in [-0.4, -0.2) is 25.5 Å². The number of carbonyl (C=O) groups is 2. The lowest BCUT2D eigenvalue weighted by atomic mass is 10.1. The highest BCUT2D eigenvalue weighted by molar-refractivity contribution is 5.96. The van der Waals surface area contributed by atoms with Crippen LogP contribution >= 0.6 is 0 Å². The van der Waals surface area contributed by atoms with Gasteiger partial charge in [0.15, 0.2) is 0 Å². The van der Waals surface area contributed by atoms with Gasteiger partial charge in [-0.05, 0) is 42.0 Å². The molecule has 0 radical (unpaired) electrons. The van der Waals surface area contributed by atoms with E-state index in [4.69, 9.17) is 4.74 Å². The van der Waals surface area contributed by atoms with Gasteiger partial charge >= 0.3 is 0 Å². The average Bonchev–Trinajstić information content (AvgIpc) is 2.78. The van der Waals surface area contributed by atoms with Crippen molar-refractivity contribution in [3.8, 4) is 5.75 Å². The second-order valence-electron chi connectivity index (χ2n) is 6.79. The Labute approximate surface area is 179 Å². The molecule has 2 amide bonds. The molecule has 5 nitrogen and oxygen atoms in total. The molecule has 3 aromatic rings. The minimum Gasteiger partial charge on any atom is -0.497 e. The van der Waals surface area contributed by atoms with Crippen molar-refractivity contribution in [2.75, 3.05) is 18.6 Å². The van der Waals surface area contributed by atoms with Crippen molar-refractivity contribution in [3.05, 3.63) is 95.6 Å². The normalized spacial score (nSPS) is 10.4. The zero-order valence-electron chi connectivity index (χ0n) is 17.0. The number of benzene rings is 3. The molecule has 0 bridgehead atoms. The van der Waals surface area contributed by atoms with E-state index in [9.17, 15) is 18.4 Å². The van der Waals surface area contributed by atoms with E-state index in [1.807, 2.05) is 30.3 Å². The average molecular weight is 424 g/mol. The molecule has 0 heterocycles. The number of hydrogen-bond acceptors (Lipinski definition) is 3. The summed E-state index contributed by atoms with van der Waals surface area (Å²) in [6, 6.07) is 19.3. The Kier molecular flexibility index (Phi) is 7.32. The van der Waals surface area contributed by atoms with Gasteiger partial charge in [-0.25, -0.2) is 8.78 Å². The fourth-order valence-electron chi connectivity index (χ4n) is 3.04. The lowest BCUT2D eigenvalue weighted by Crippen LogP contribution is -2.34. The summed E-state index contributed by atoms with van der Waals surface area (Å²) in [5.74, 6) is -1.96. The van der Waals surface area contributed by atoms with Crippen LogP contribution in [0.25, 0.3) is 0 Å². The van der Waals surface area contributed by atoms with Crippen molar-refractivity contribution in [2.24, 2.45) is 0 Å². The minimum absolute atomic E-state index is 0.00736. The SMILES string of the molecule is COc1ccc(N(Cc2ccccc2)C(=O)CCNC(=O)c2ccc(F)cc2F)cc1. The van der Waals surface area contributed by atoms with E-state index < -0.39 is 17.5 Å². The molecule has 3 rings (SSSR count). The standard InChI is InChI=1S/C24H22F2N2O3/c1-31-20-10-8-19(9-11-20)28(16-17-5-3-2-4-6-17)23(29)13-14-27-24(30)21-12-7-18(25)15-22(21)26/h2-12,15H,13-14,16H2,1H3,(H,27,30). The molecule has 31 heavy (non-hydrogen) atoms. The van der Waals surface area contributed by atoms with E-state index in [0.717, 1.165) is 17.7 Å². The van der Waals surface area contributed by atoms with Crippen LogP contribution in [0, 0.1) is 11.6 Å². The molecular formula is C24H22F2N2O3. The monoisotopic (exact) mass is 424 g/mol. The van der Waals surface area contributed by atoms with E-state index in [-0.39, 0.29) is 24.4 Å². The number of nitrogens with zero attached hydrogens (tertiary/aromatic N) is 1. The second kappa shape index (κ2) is 10.3. The fourth-order valence-corrected chi connectivity index (χ4v) is 3.04. The third-order valence-electron chi connectivity index (χ3n) is 4.67. The van der Waals surface area contributed by atoms with Gasteiger partial charge in [0.1, 0.15) is 17.4 Å². The number of halogens is 2. The van der Waals surface area contributed by atoms with E-state index in [0.29, 0.717) is 24.0 Å². The first-order valence-corrected chi connectivity index (χ1v) is 9.69. The van der Waals surface area contributed by atoms with Gasteiger partial charge in [-0.3, -0.25) is 9.59 Å². The van der Waals surface area contributed by atoms with Gasteiger partial charge in [0.2, 0.25) is 5.91 Å². The van der Waals surface area contributed by atoms with Gasteiger partial charge in [-0.1, -0.05) is 30.3 Å². The second-order valence-corrected chi connectivity index (χ2v) is 6.79. The van der Waals surface area contributed by atoms with E-state index in [1.165, 1.54) is 0 Å². The largest absolute Gasteiger partial charge is 0.497 e. The summed E-state index contributed by atoms with van der Waals surface area (Å²) in [5, 5.41) is 2.51. The lowest BCUT2D eigenvalue weighted by molar-refractivity contribution is -0.118. The summed E-state index contributed by atoms with van der Waals surface area (Å²) in [6.07, 6.45) is 0.00736. The molecule has 0 aliphatic carbocycles. The van der Waals surface area contributed by atoms with Crippen molar-refractivity contribution < 1.29 is 23.1 Å². The number of carbonyl (C=O) groups excluding carboxylic acids is 2. The van der Waals surface area contributed by atoms with Gasteiger partial charge < -0.3 is 15.0 Å². The first kappa shape index (κ1) is 22.0. The predicted octanol–water partition coefficient (Wildman–Crippen LogP) is 4.33. The zero-order valence-corrected chi connectivity index (χ0v) is 17.0. The fraction of sp³-hybridized carbons (Fsp3) is 0.167. The summed E-state index contributed by atoms with van der Waals surface area (Å²) < 4.78 is 31.9. The van der Waals surface area contributed by atoms with Gasteiger partial charge in [0, 0.05) is 24.7 Å². The van der Waals surface area contributed by atoms with Crippen LogP contribution in [0.2, 0.25) is 0 Å². The number of methoxy groups -OCH3 is 1. The smallest absolute Gasteiger partial charge is 0.254 e. The Bertz CT molecular complexity index is 1040. The van der Waals surface area contributed by atoms with Crippen molar-refractivity contribution in [1.29, 1.82) is 0 Å². The molecule has 160 valence electrons. The van der Waals surface area contributed by atoms with Crippen molar-refractivity contribution in [1.82, 2.24) is 5.32 Å². The van der Waals surface area contributed by atoms with E-state index in [1.54, 1.807) is 36.3 Å². The molecular weight excluding hydrogens is 402 g/mol. The number of nitrogens with one attached hydrogen (secondary N) is 1. The molecule has 0 atom stereocenters. The maximum atomic E-state index is 13.8. The van der Waals surface area contributed by atoms with Crippen LogP contribution in [0.15, 0.2) is 72.8 Å². The van der Waals surface area contributed by atoms with Crippen LogP contribution in [0.4, 0.5) is 14.5 Å². The first-order valence-electron chi connectivity index (χ1n) is 9.69. The molecule has 0 fully saturated rings. The van der Waals surface area contributed by atoms with Crippen molar-refractivity contribution in [3.63, 3.8) is 0 Å². The number of anilines is 1. The third kappa shape index (κ3) is 5.88. The van der Waals surface area contributed by atoms with Crippen LogP contribution in [0.5, 0.6) is 5.75 Å². The summed E-state index contributed by atoms with van der Waals surface area (Å²) in [6.45, 7) is 0.364. The van der Waals surface area contributed by atoms with Gasteiger partial charge in [-0.15, -0.1) is 0 Å². The predicted molar refractivity (Wildman–Crippen MR) is 114 cm³/mol. The van der Waals surface area contributed by atoms with E-state index in [2.05, 4.69) is 5.32 Å². The molecule has 0 aliphatic rings. The Hall–Kier alpha value is -3.74. The Morgan fingerprint density at radius 3 is 2.32 bits per heavy atom. The quantitative estimate of drug-likeness (QED) is 0.586. The Morgan fingerprint density at radius 2 is 1.68 bits per heavy atom. The maximum Gasteiger partial charge on any atom is 0.254 e. The van der Waals surface area contributed by atoms with Crippen LogP contribution < -0.4 is 15.0 Å². The van der Waals surface area contributed by atoms with Crippen molar-refractivity contribution >= 4 is 17.5 Å². The number of rotatable bonds is 8. The molecule has 0 spiro atoms. The molecule has 0 saturated carbocycles. The Morgan fingerprint density at radius 1 is 0.968 bits per heavy atom. The number of ether oxygens (including phenoxy) is 1. The van der Waals surface area contributed by atoms with Gasteiger partial charge in [-0.2, -0.15) is 0 Å². The Balaban J connectivity index is 1.68. The van der Waals surface area contributed by atoms with Gasteiger partial charge in [0.25, 0.3) is 5.91 Å². The highest BCUT2D eigenvalue weighted by Crippen LogP contribution is 2.22. The maximum absolute atomic E-state index is 13.8. The number of amides is 2. The molecule has 3 aromatic carbocycles. The molecule has 0 aliphatic heterocycles. The van der Waals surface area contributed by atoms with Crippen LogP contribution in [0.1, 0.15) is 22.3 Å². The highest BCUT2D eigenvalue weighted by Gasteiger charge is 2.18. The topological polar surface area (TPSA) is 58.6 Å². The molecule has 0 aromatic heterocycles. The van der Waals surface area contributed by atoms with Crippen LogP contribution in [0.3, 0.4) is 0 Å². The van der Waals surface area contributed by atoms with Crippen LogP contribution in [-0.2, 0) is 11.3 Å². The zero-order chi connectivity index (χ0) is 22.2. The summed E-state index contributed by atoms with van der Waals surface area (Å²) in [7, 11) is 1.56. The lowest BCUT2D eigenvalue weighted by Gasteiger charge is -2.23. The summed E-state index contributed by atoms with van der Waals surface area (Å²) in [4.78, 5) is 26.7. The molecule has 7 heteroatoms. The molecule has 1 N–H and O–H groups in total. The molecule has 0 unspecified atom stereocenters. The summed E-state index contributed by atoms with van der Waals surface area (Å²) in [5.41, 5.74) is 1.36. The minimum atomic E-state index is -0.951. The van der Waals surface area contributed by atoms with Crippen molar-refractivity contribution in [2.45, 2.75) is 13.0 Å².